The predicted molar refractivity (Wildman–Crippen MR) is 70.6 cm³/mol. The van der Waals surface area contributed by atoms with Crippen LogP contribution in [0.15, 0.2) is 45.7 Å². The maximum atomic E-state index is 11.6. The summed E-state index contributed by atoms with van der Waals surface area (Å²) in [6.45, 7) is 0. The number of fused-ring (bicyclic) bond motifs is 1. The van der Waals surface area contributed by atoms with Crippen molar-refractivity contribution in [3.63, 3.8) is 0 Å². The van der Waals surface area contributed by atoms with Gasteiger partial charge in [-0.05, 0) is 6.08 Å². The Morgan fingerprint density at radius 2 is 1.85 bits per heavy atom. The number of rotatable bonds is 0. The quantitative estimate of drug-likeness (QED) is 0.654. The molecule has 0 bridgehead atoms. The average Bonchev–Trinajstić information content (AvgIpc) is 2.74. The second-order valence-electron chi connectivity index (χ2n) is 3.82. The zero-order valence-electron chi connectivity index (χ0n) is 10.4. The molecule has 0 saturated carbocycles. The second-order valence-corrected chi connectivity index (χ2v) is 3.82. The van der Waals surface area contributed by atoms with Gasteiger partial charge in [0.1, 0.15) is 6.26 Å². The molecule has 0 atom stereocenters. The molecule has 2 rings (SSSR count). The molecule has 1 aromatic rings. The van der Waals surface area contributed by atoms with E-state index in [-0.39, 0.29) is 23.0 Å². The molecule has 20 heavy (non-hydrogen) atoms. The Bertz CT molecular complexity index is 773. The van der Waals surface area contributed by atoms with Crippen LogP contribution in [-0.4, -0.2) is 16.7 Å². The fourth-order valence-electron chi connectivity index (χ4n) is 1.43. The van der Waals surface area contributed by atoms with Crippen LogP contribution in [0.3, 0.4) is 0 Å². The van der Waals surface area contributed by atoms with Gasteiger partial charge in [0.2, 0.25) is 0 Å². The van der Waals surface area contributed by atoms with Gasteiger partial charge < -0.3 is 9.15 Å². The van der Waals surface area contributed by atoms with E-state index in [1.165, 1.54) is 12.2 Å². The third-order valence-corrected chi connectivity index (χ3v) is 2.30. The summed E-state index contributed by atoms with van der Waals surface area (Å²) in [6.07, 6.45) is 11.7. The van der Waals surface area contributed by atoms with Gasteiger partial charge in [-0.25, -0.2) is 4.79 Å². The number of oxazole rings is 1. The number of ketones is 1. The molecule has 0 saturated heterocycles. The largest absolute Gasteiger partial charge is 0.430 e. The predicted octanol–water partition coefficient (Wildman–Crippen LogP) is -0.329. The Morgan fingerprint density at radius 3 is 2.70 bits per heavy atom. The minimum atomic E-state index is -0.737. The normalized spacial score (nSPS) is 15.8. The Labute approximate surface area is 113 Å². The molecule has 0 amide bonds. The standard InChI is InChI=1S/C14H11NO5/c16-10-6-4-2-1-3-5-7-13(17)19-9-12-11(8-10)15-14(18)20-12/h1-6,8-9H,7H2,(H,15,18). The Balaban J connectivity index is 2.49. The van der Waals surface area contributed by atoms with Gasteiger partial charge in [0.05, 0.1) is 11.8 Å². The molecule has 0 fully saturated rings. The molecular formula is C14H11NO5. The van der Waals surface area contributed by atoms with E-state index >= 15 is 0 Å². The van der Waals surface area contributed by atoms with Crippen LogP contribution in [-0.2, 0) is 14.3 Å². The van der Waals surface area contributed by atoms with Gasteiger partial charge in [0.25, 0.3) is 0 Å². The number of carbonyl (C=O) groups is 2. The van der Waals surface area contributed by atoms with Crippen molar-refractivity contribution in [2.75, 3.05) is 0 Å². The average molecular weight is 273 g/mol. The van der Waals surface area contributed by atoms with Crippen LogP contribution in [0.25, 0.3) is 12.3 Å². The molecule has 0 aliphatic carbocycles. The van der Waals surface area contributed by atoms with Gasteiger partial charge in [0.15, 0.2) is 11.2 Å². The maximum absolute atomic E-state index is 11.6. The molecule has 6 nitrogen and oxygen atoms in total. The van der Waals surface area contributed by atoms with Crippen LogP contribution in [0.1, 0.15) is 6.42 Å². The second kappa shape index (κ2) is 6.33. The van der Waals surface area contributed by atoms with Crippen molar-refractivity contribution in [1.82, 2.24) is 4.98 Å². The lowest BCUT2D eigenvalue weighted by atomic mass is 10.3. The molecule has 2 heterocycles. The van der Waals surface area contributed by atoms with Crippen LogP contribution >= 0.6 is 0 Å². The SMILES string of the molecule is O=C1C=CC=CC=CCC(=O)OC=c2oc(=O)[nH]c2=C1. The van der Waals surface area contributed by atoms with Crippen molar-refractivity contribution in [2.24, 2.45) is 0 Å². The van der Waals surface area contributed by atoms with Crippen LogP contribution < -0.4 is 16.5 Å². The first-order valence-corrected chi connectivity index (χ1v) is 5.79. The number of aromatic nitrogens is 1. The van der Waals surface area contributed by atoms with Gasteiger partial charge in [-0.1, -0.05) is 30.4 Å². The van der Waals surface area contributed by atoms with E-state index < -0.39 is 11.7 Å². The lowest BCUT2D eigenvalue weighted by Crippen LogP contribution is -2.24. The minimum Gasteiger partial charge on any atom is -0.430 e. The zero-order chi connectivity index (χ0) is 14.4. The summed E-state index contributed by atoms with van der Waals surface area (Å²) in [4.78, 5) is 36.5. The van der Waals surface area contributed by atoms with Crippen LogP contribution in [0.2, 0.25) is 0 Å². The number of nitrogens with one attached hydrogen (secondary N) is 1. The van der Waals surface area contributed by atoms with Gasteiger partial charge in [-0.3, -0.25) is 14.6 Å². The fraction of sp³-hybridized carbons (Fsp3) is 0.0714. The van der Waals surface area contributed by atoms with E-state index in [2.05, 4.69) is 4.98 Å². The number of allylic oxidation sites excluding steroid dienone is 5. The van der Waals surface area contributed by atoms with Gasteiger partial charge in [-0.2, -0.15) is 0 Å². The summed E-state index contributed by atoms with van der Waals surface area (Å²) < 4.78 is 9.60. The Morgan fingerprint density at radius 1 is 1.05 bits per heavy atom. The summed E-state index contributed by atoms with van der Waals surface area (Å²) in [6, 6.07) is 0. The molecule has 0 unspecified atom stereocenters. The third-order valence-electron chi connectivity index (χ3n) is 2.30. The molecule has 1 aliphatic heterocycles. The van der Waals surface area contributed by atoms with Crippen molar-refractivity contribution < 1.29 is 18.7 Å². The number of cyclic esters (lactones) is 1. The lowest BCUT2D eigenvalue weighted by Gasteiger charge is -1.92. The van der Waals surface area contributed by atoms with Gasteiger partial charge in [-0.15, -0.1) is 0 Å². The zero-order valence-corrected chi connectivity index (χ0v) is 10.4. The molecule has 0 aromatic carbocycles. The molecule has 0 radical (unpaired) electrons. The van der Waals surface area contributed by atoms with Gasteiger partial charge >= 0.3 is 11.7 Å². The highest BCUT2D eigenvalue weighted by atomic mass is 16.5. The lowest BCUT2D eigenvalue weighted by molar-refractivity contribution is -0.135. The number of esters is 1. The fourth-order valence-corrected chi connectivity index (χ4v) is 1.43. The molecule has 0 spiro atoms. The summed E-state index contributed by atoms with van der Waals surface area (Å²) in [5.74, 6) is -1.59. The van der Waals surface area contributed by atoms with Crippen molar-refractivity contribution in [2.45, 2.75) is 6.42 Å². The van der Waals surface area contributed by atoms with Crippen molar-refractivity contribution in [3.05, 3.63) is 57.8 Å². The number of H-pyrrole nitrogens is 1. The molecule has 1 N–H and O–H groups in total. The highest BCUT2D eigenvalue weighted by Gasteiger charge is 2.01. The van der Waals surface area contributed by atoms with E-state index in [1.54, 1.807) is 30.4 Å². The first kappa shape index (κ1) is 13.5. The monoisotopic (exact) mass is 273 g/mol. The Hall–Kier alpha value is -2.89. The topological polar surface area (TPSA) is 89.4 Å². The maximum Gasteiger partial charge on any atom is 0.417 e. The highest BCUT2D eigenvalue weighted by Crippen LogP contribution is 1.91. The third kappa shape index (κ3) is 3.81. The van der Waals surface area contributed by atoms with E-state index in [9.17, 15) is 14.4 Å². The smallest absolute Gasteiger partial charge is 0.417 e. The van der Waals surface area contributed by atoms with E-state index in [4.69, 9.17) is 9.15 Å². The molecular weight excluding hydrogens is 262 g/mol. The first-order valence-electron chi connectivity index (χ1n) is 5.79. The number of hydrogen-bond donors (Lipinski definition) is 1. The van der Waals surface area contributed by atoms with Crippen LogP contribution in [0.5, 0.6) is 0 Å². The highest BCUT2D eigenvalue weighted by molar-refractivity contribution is 6.13. The summed E-state index contributed by atoms with van der Waals surface area (Å²) >= 11 is 0. The number of aromatic amines is 1. The van der Waals surface area contributed by atoms with E-state index in [1.807, 2.05) is 0 Å². The molecule has 1 aliphatic rings. The Kier molecular flexibility index (Phi) is 4.28. The first-order chi connectivity index (χ1) is 9.65. The van der Waals surface area contributed by atoms with Crippen LogP contribution in [0.4, 0.5) is 0 Å². The summed E-state index contributed by atoms with van der Waals surface area (Å²) in [5, 5.41) is 0.147. The van der Waals surface area contributed by atoms with Crippen molar-refractivity contribution >= 4 is 24.1 Å². The minimum absolute atomic E-state index is 0.0123. The van der Waals surface area contributed by atoms with Crippen molar-refractivity contribution in [1.29, 1.82) is 0 Å². The number of ether oxygens (including phenoxy) is 1. The molecule has 102 valence electrons. The summed E-state index contributed by atoms with van der Waals surface area (Å²) in [5.41, 5.74) is -0.0123. The summed E-state index contributed by atoms with van der Waals surface area (Å²) in [7, 11) is 0. The van der Waals surface area contributed by atoms with Crippen LogP contribution in [0, 0.1) is 0 Å². The van der Waals surface area contributed by atoms with Gasteiger partial charge in [0, 0.05) is 6.08 Å². The van der Waals surface area contributed by atoms with E-state index in [0.29, 0.717) is 0 Å². The molecule has 1 aromatic heterocycles. The number of hydrogen-bond acceptors (Lipinski definition) is 5. The van der Waals surface area contributed by atoms with E-state index in [0.717, 1.165) is 6.26 Å². The molecule has 6 heteroatoms. The van der Waals surface area contributed by atoms with Crippen molar-refractivity contribution in [3.8, 4) is 0 Å². The number of carbonyl (C=O) groups excluding carboxylic acids is 2.